The SMILES string of the molecule is COc1ccc(COC[C@H](C)[C@H](O[Si](C)(C)C(C)(C)C)[C@@H](C)C[C@H](C)C=O)cc1. The van der Waals surface area contributed by atoms with Gasteiger partial charge in [0, 0.05) is 11.8 Å². The first-order chi connectivity index (χ1) is 13.4. The van der Waals surface area contributed by atoms with Gasteiger partial charge in [-0.3, -0.25) is 0 Å². The minimum absolute atomic E-state index is 0.0444. The minimum Gasteiger partial charge on any atom is -0.497 e. The zero-order chi connectivity index (χ0) is 22.2. The first-order valence-corrected chi connectivity index (χ1v) is 13.7. The van der Waals surface area contributed by atoms with Gasteiger partial charge in [-0.15, -0.1) is 0 Å². The van der Waals surface area contributed by atoms with E-state index in [1.54, 1.807) is 7.11 Å². The van der Waals surface area contributed by atoms with E-state index >= 15 is 0 Å². The third-order valence-electron chi connectivity index (χ3n) is 6.14. The number of rotatable bonds is 12. The maximum atomic E-state index is 11.2. The summed E-state index contributed by atoms with van der Waals surface area (Å²) in [4.78, 5) is 11.2. The molecule has 0 radical (unpaired) electrons. The van der Waals surface area contributed by atoms with Crippen LogP contribution >= 0.6 is 0 Å². The number of carbonyl (C=O) groups is 1. The van der Waals surface area contributed by atoms with E-state index < -0.39 is 8.32 Å². The molecule has 166 valence electrons. The molecule has 0 unspecified atom stereocenters. The number of ether oxygens (including phenoxy) is 2. The zero-order valence-corrected chi connectivity index (χ0v) is 21.0. The van der Waals surface area contributed by atoms with Crippen LogP contribution in [-0.2, 0) is 20.6 Å². The van der Waals surface area contributed by atoms with Crippen molar-refractivity contribution in [1.29, 1.82) is 0 Å². The van der Waals surface area contributed by atoms with E-state index in [1.807, 2.05) is 31.2 Å². The highest BCUT2D eigenvalue weighted by Crippen LogP contribution is 2.39. The van der Waals surface area contributed by atoms with Crippen molar-refractivity contribution in [2.75, 3.05) is 13.7 Å². The molecule has 0 spiro atoms. The van der Waals surface area contributed by atoms with Gasteiger partial charge in [0.15, 0.2) is 8.32 Å². The Hall–Kier alpha value is -1.17. The van der Waals surface area contributed by atoms with E-state index in [4.69, 9.17) is 13.9 Å². The predicted octanol–water partition coefficient (Wildman–Crippen LogP) is 6.10. The lowest BCUT2D eigenvalue weighted by molar-refractivity contribution is -0.111. The molecular weight excluding hydrogens is 380 g/mol. The Morgan fingerprint density at radius 3 is 2.10 bits per heavy atom. The van der Waals surface area contributed by atoms with Crippen LogP contribution in [0.1, 0.15) is 53.5 Å². The lowest BCUT2D eigenvalue weighted by Gasteiger charge is -2.43. The molecule has 0 fully saturated rings. The van der Waals surface area contributed by atoms with Crippen LogP contribution in [0.3, 0.4) is 0 Å². The number of benzene rings is 1. The molecule has 0 aliphatic carbocycles. The Morgan fingerprint density at radius 2 is 1.62 bits per heavy atom. The maximum absolute atomic E-state index is 11.2. The summed E-state index contributed by atoms with van der Waals surface area (Å²) in [6.07, 6.45) is 1.96. The fourth-order valence-corrected chi connectivity index (χ4v) is 4.76. The van der Waals surface area contributed by atoms with Crippen LogP contribution in [0.2, 0.25) is 18.1 Å². The van der Waals surface area contributed by atoms with Gasteiger partial charge in [0.2, 0.25) is 0 Å². The average Bonchev–Trinajstić information content (AvgIpc) is 2.65. The quantitative estimate of drug-likeness (QED) is 0.301. The molecule has 1 aromatic carbocycles. The minimum atomic E-state index is -1.93. The highest BCUT2D eigenvalue weighted by molar-refractivity contribution is 6.74. The van der Waals surface area contributed by atoms with Crippen molar-refractivity contribution < 1.29 is 18.7 Å². The van der Waals surface area contributed by atoms with Gasteiger partial charge in [0.05, 0.1) is 26.4 Å². The number of methoxy groups -OCH3 is 1. The van der Waals surface area contributed by atoms with Crippen LogP contribution in [0.5, 0.6) is 5.75 Å². The molecule has 0 amide bonds. The summed E-state index contributed by atoms with van der Waals surface area (Å²) in [5, 5.41) is 0.144. The fourth-order valence-electron chi connectivity index (χ4n) is 3.27. The van der Waals surface area contributed by atoms with E-state index in [0.29, 0.717) is 19.1 Å². The molecule has 0 aliphatic heterocycles. The van der Waals surface area contributed by atoms with E-state index in [-0.39, 0.29) is 23.0 Å². The van der Waals surface area contributed by atoms with E-state index in [0.717, 1.165) is 24.0 Å². The second-order valence-electron chi connectivity index (χ2n) is 10.0. The van der Waals surface area contributed by atoms with Crippen molar-refractivity contribution in [2.45, 2.75) is 78.8 Å². The van der Waals surface area contributed by atoms with Gasteiger partial charge in [-0.25, -0.2) is 0 Å². The summed E-state index contributed by atoms with van der Waals surface area (Å²) in [6.45, 7) is 19.0. The van der Waals surface area contributed by atoms with Crippen LogP contribution < -0.4 is 4.74 Å². The second-order valence-corrected chi connectivity index (χ2v) is 14.8. The number of hydrogen-bond acceptors (Lipinski definition) is 4. The molecule has 0 aromatic heterocycles. The lowest BCUT2D eigenvalue weighted by Crippen LogP contribution is -2.48. The van der Waals surface area contributed by atoms with Gasteiger partial charge in [0.25, 0.3) is 0 Å². The third kappa shape index (κ3) is 8.23. The van der Waals surface area contributed by atoms with Crippen molar-refractivity contribution in [2.24, 2.45) is 17.8 Å². The smallest absolute Gasteiger partial charge is 0.192 e. The molecule has 0 heterocycles. The summed E-state index contributed by atoms with van der Waals surface area (Å²) in [7, 11) is -0.257. The van der Waals surface area contributed by atoms with Gasteiger partial charge in [-0.05, 0) is 48.2 Å². The van der Waals surface area contributed by atoms with Crippen LogP contribution in [-0.4, -0.2) is 34.4 Å². The van der Waals surface area contributed by atoms with Crippen LogP contribution in [0.25, 0.3) is 0 Å². The summed E-state index contributed by atoms with van der Waals surface area (Å²) in [6, 6.07) is 7.96. The normalized spacial score (nSPS) is 16.7. The topological polar surface area (TPSA) is 44.8 Å². The molecule has 0 saturated heterocycles. The zero-order valence-electron chi connectivity index (χ0n) is 20.0. The largest absolute Gasteiger partial charge is 0.497 e. The van der Waals surface area contributed by atoms with Crippen molar-refractivity contribution >= 4 is 14.6 Å². The van der Waals surface area contributed by atoms with E-state index in [2.05, 4.69) is 47.7 Å². The number of aldehydes is 1. The molecule has 4 nitrogen and oxygen atoms in total. The molecule has 0 saturated carbocycles. The molecule has 4 atom stereocenters. The van der Waals surface area contributed by atoms with Crippen LogP contribution in [0, 0.1) is 17.8 Å². The average molecular weight is 423 g/mol. The fraction of sp³-hybridized carbons (Fsp3) is 0.708. The molecule has 0 bridgehead atoms. The first kappa shape index (κ1) is 25.9. The summed E-state index contributed by atoms with van der Waals surface area (Å²) in [5.74, 6) is 1.44. The van der Waals surface area contributed by atoms with E-state index in [1.165, 1.54) is 0 Å². The first-order valence-electron chi connectivity index (χ1n) is 10.7. The third-order valence-corrected chi connectivity index (χ3v) is 10.6. The van der Waals surface area contributed by atoms with Gasteiger partial charge >= 0.3 is 0 Å². The monoisotopic (exact) mass is 422 g/mol. The molecule has 1 aromatic rings. The van der Waals surface area contributed by atoms with Crippen molar-refractivity contribution in [3.8, 4) is 5.75 Å². The lowest BCUT2D eigenvalue weighted by atomic mass is 9.87. The Labute approximate surface area is 179 Å². The van der Waals surface area contributed by atoms with Gasteiger partial charge < -0.3 is 18.7 Å². The van der Waals surface area contributed by atoms with Gasteiger partial charge in [-0.2, -0.15) is 0 Å². The Kier molecular flexibility index (Phi) is 10.1. The van der Waals surface area contributed by atoms with Gasteiger partial charge in [0.1, 0.15) is 12.0 Å². The number of carbonyl (C=O) groups excluding carboxylic acids is 1. The Balaban J connectivity index is 2.79. The van der Waals surface area contributed by atoms with E-state index in [9.17, 15) is 4.79 Å². The molecule has 5 heteroatoms. The number of hydrogen-bond donors (Lipinski definition) is 0. The molecular formula is C24H42O4Si. The molecule has 0 aliphatic rings. The van der Waals surface area contributed by atoms with Crippen molar-refractivity contribution in [3.05, 3.63) is 29.8 Å². The standard InChI is InChI=1S/C24H42O4Si/c1-18(15-25)14-19(2)23(28-29(8,9)24(4,5)6)20(3)16-27-17-21-10-12-22(26-7)13-11-21/h10-13,15,18-20,23H,14,16-17H2,1-9H3/t18-,19-,20-,23+/m0/s1. The van der Waals surface area contributed by atoms with Crippen molar-refractivity contribution in [3.63, 3.8) is 0 Å². The van der Waals surface area contributed by atoms with Crippen molar-refractivity contribution in [1.82, 2.24) is 0 Å². The van der Waals surface area contributed by atoms with Crippen LogP contribution in [0.4, 0.5) is 0 Å². The Morgan fingerprint density at radius 1 is 1.03 bits per heavy atom. The molecule has 29 heavy (non-hydrogen) atoms. The van der Waals surface area contributed by atoms with Crippen LogP contribution in [0.15, 0.2) is 24.3 Å². The van der Waals surface area contributed by atoms with Gasteiger partial charge in [-0.1, -0.05) is 53.7 Å². The maximum Gasteiger partial charge on any atom is 0.192 e. The molecule has 1 rings (SSSR count). The Bertz CT molecular complexity index is 606. The second kappa shape index (κ2) is 11.3. The highest BCUT2D eigenvalue weighted by atomic mass is 28.4. The summed E-state index contributed by atoms with van der Waals surface area (Å²) >= 11 is 0. The highest BCUT2D eigenvalue weighted by Gasteiger charge is 2.41. The summed E-state index contributed by atoms with van der Waals surface area (Å²) in [5.41, 5.74) is 1.13. The molecule has 0 N–H and O–H groups in total. The predicted molar refractivity (Wildman–Crippen MR) is 123 cm³/mol. The summed E-state index contributed by atoms with van der Waals surface area (Å²) < 4.78 is 18.1.